The number of fused-ring (bicyclic) bond motifs is 3. The molecular weight excluding hydrogens is 593 g/mol. The lowest BCUT2D eigenvalue weighted by molar-refractivity contribution is -0.173. The van der Waals surface area contributed by atoms with Gasteiger partial charge in [0, 0.05) is 41.5 Å². The largest absolute Gasteiger partial charge is 0.415 e. The molecule has 0 saturated carbocycles. The molecule has 13 heteroatoms. The van der Waals surface area contributed by atoms with Crippen LogP contribution in [0.2, 0.25) is 5.02 Å². The van der Waals surface area contributed by atoms with Crippen molar-refractivity contribution in [2.75, 3.05) is 25.3 Å². The van der Waals surface area contributed by atoms with Crippen LogP contribution in [0, 0.1) is 0 Å². The molecule has 2 aliphatic rings. The minimum absolute atomic E-state index is 0.306. The Labute approximate surface area is 249 Å². The van der Waals surface area contributed by atoms with E-state index in [2.05, 4.69) is 0 Å². The highest BCUT2D eigenvalue weighted by Gasteiger charge is 2.48. The number of ether oxygens (including phenoxy) is 1. The zero-order valence-electron chi connectivity index (χ0n) is 23.0. The third-order valence-corrected chi connectivity index (χ3v) is 8.88. The van der Waals surface area contributed by atoms with Crippen LogP contribution in [0.5, 0.6) is 5.75 Å². The van der Waals surface area contributed by atoms with Gasteiger partial charge in [0.05, 0.1) is 6.04 Å². The average Bonchev–Trinajstić information content (AvgIpc) is 3.11. The predicted molar refractivity (Wildman–Crippen MR) is 154 cm³/mol. The van der Waals surface area contributed by atoms with E-state index in [0.29, 0.717) is 28.6 Å². The minimum Gasteiger partial charge on any atom is -0.403 e. The van der Waals surface area contributed by atoms with Gasteiger partial charge in [-0.25, -0.2) is 4.79 Å². The number of alkyl halides is 3. The first-order valence-electron chi connectivity index (χ1n) is 13.3. The number of hydrogen-bond acceptors (Lipinski definition) is 6. The molecule has 42 heavy (non-hydrogen) atoms. The molecule has 0 aliphatic carbocycles. The molecule has 2 aromatic carbocycles. The van der Waals surface area contributed by atoms with Crippen LogP contribution in [0.25, 0.3) is 0 Å². The molecule has 3 heterocycles. The molecule has 8 nitrogen and oxygen atoms in total. The van der Waals surface area contributed by atoms with Crippen molar-refractivity contribution in [1.82, 2.24) is 14.5 Å². The number of nitrogens with zero attached hydrogens (tertiary/aromatic N) is 4. The van der Waals surface area contributed by atoms with Crippen LogP contribution in [0.1, 0.15) is 53.5 Å². The van der Waals surface area contributed by atoms with Gasteiger partial charge in [0.15, 0.2) is 5.69 Å². The Kier molecular flexibility index (Phi) is 8.21. The number of carbonyl (C=O) groups is 2. The van der Waals surface area contributed by atoms with E-state index in [-0.39, 0.29) is 0 Å². The summed E-state index contributed by atoms with van der Waals surface area (Å²) < 4.78 is 49.2. The fraction of sp³-hybridized carbons (Fsp3) is 0.345. The maximum absolute atomic E-state index is 14.1. The fourth-order valence-electron chi connectivity index (χ4n) is 5.17. The third-order valence-electron chi connectivity index (χ3n) is 7.41. The van der Waals surface area contributed by atoms with E-state index in [1.165, 1.54) is 22.8 Å². The van der Waals surface area contributed by atoms with Crippen molar-refractivity contribution in [3.63, 3.8) is 0 Å². The van der Waals surface area contributed by atoms with E-state index in [1.54, 1.807) is 28.9 Å². The summed E-state index contributed by atoms with van der Waals surface area (Å²) in [4.78, 5) is 42.5. The lowest BCUT2D eigenvalue weighted by Gasteiger charge is -2.46. The van der Waals surface area contributed by atoms with Gasteiger partial charge in [-0.05, 0) is 42.2 Å². The van der Waals surface area contributed by atoms with Crippen LogP contribution in [-0.4, -0.2) is 59.0 Å². The second-order valence-electron chi connectivity index (χ2n) is 10.1. The van der Waals surface area contributed by atoms with Crippen molar-refractivity contribution in [3.8, 4) is 5.75 Å². The molecular formula is C29H28ClF3N4O4S. The maximum Gasteiger partial charge on any atom is 0.415 e. The van der Waals surface area contributed by atoms with Gasteiger partial charge < -0.3 is 14.5 Å². The Hall–Kier alpha value is -3.64. The summed E-state index contributed by atoms with van der Waals surface area (Å²) in [6.45, 7) is 2.55. The van der Waals surface area contributed by atoms with Gasteiger partial charge in [-0.3, -0.25) is 19.3 Å². The quantitative estimate of drug-likeness (QED) is 0.346. The second-order valence-corrected chi connectivity index (χ2v) is 11.5. The van der Waals surface area contributed by atoms with Crippen molar-refractivity contribution in [2.45, 2.75) is 49.2 Å². The molecule has 0 N–H and O–H groups in total. The highest BCUT2D eigenvalue weighted by Crippen LogP contribution is 2.45. The number of aromatic nitrogens is 1. The van der Waals surface area contributed by atoms with Gasteiger partial charge >= 0.3 is 12.3 Å². The number of thioether (sulfide) groups is 1. The summed E-state index contributed by atoms with van der Waals surface area (Å²) >= 11 is 8.17. The SMILES string of the molecule is CCCN(C)C(=O)Oc1c2n(ccc1=O)N([C@@H]1c3ccccc3SCc3c(Cl)cccc31)CN([C@H](C)C(F)(F)F)C2=O. The molecule has 2 atom stereocenters. The zero-order chi connectivity index (χ0) is 30.3. The summed E-state index contributed by atoms with van der Waals surface area (Å²) in [6, 6.07) is 11.1. The van der Waals surface area contributed by atoms with Crippen molar-refractivity contribution in [3.05, 3.63) is 92.4 Å². The van der Waals surface area contributed by atoms with Crippen molar-refractivity contribution in [2.24, 2.45) is 0 Å². The van der Waals surface area contributed by atoms with Gasteiger partial charge in [-0.1, -0.05) is 48.9 Å². The number of benzene rings is 2. The summed E-state index contributed by atoms with van der Waals surface area (Å²) in [5, 5.41) is 2.07. The van der Waals surface area contributed by atoms with Crippen LogP contribution in [-0.2, 0) is 5.75 Å². The molecule has 3 aromatic rings. The van der Waals surface area contributed by atoms with Crippen LogP contribution in [0.15, 0.2) is 64.4 Å². The topological polar surface area (TPSA) is 75.1 Å². The minimum atomic E-state index is -4.77. The average molecular weight is 621 g/mol. The standard InChI is InChI=1S/C29H28ClF3N4O4S/c1-4-13-34(3)28(40)41-26-22(38)12-14-36-25(26)27(39)35(17(2)29(31,32)33)16-37(36)24-18-9-7-10-21(30)20(18)15-42-23-11-6-5-8-19(23)24/h5-12,14,17,24H,4,13,15-16H2,1-3H3/t17-,24+/m1/s1. The van der Waals surface area contributed by atoms with Gasteiger partial charge in [0.2, 0.25) is 11.2 Å². The van der Waals surface area contributed by atoms with E-state index in [4.69, 9.17) is 16.3 Å². The van der Waals surface area contributed by atoms with Gasteiger partial charge in [0.25, 0.3) is 5.91 Å². The number of rotatable bonds is 5. The Morgan fingerprint density at radius 1 is 1.14 bits per heavy atom. The Balaban J connectivity index is 1.76. The van der Waals surface area contributed by atoms with Crippen molar-refractivity contribution >= 4 is 35.4 Å². The van der Waals surface area contributed by atoms with E-state index in [1.807, 2.05) is 37.3 Å². The zero-order valence-corrected chi connectivity index (χ0v) is 24.6. The summed E-state index contributed by atoms with van der Waals surface area (Å²) in [7, 11) is 1.46. The number of pyridine rings is 1. The van der Waals surface area contributed by atoms with E-state index >= 15 is 0 Å². The van der Waals surface area contributed by atoms with Crippen molar-refractivity contribution < 1.29 is 27.5 Å². The molecule has 5 rings (SSSR count). The van der Waals surface area contributed by atoms with Gasteiger partial charge in [-0.2, -0.15) is 13.2 Å². The lowest BCUT2D eigenvalue weighted by Crippen LogP contribution is -2.60. The Morgan fingerprint density at radius 2 is 1.86 bits per heavy atom. The smallest absolute Gasteiger partial charge is 0.403 e. The van der Waals surface area contributed by atoms with Gasteiger partial charge in [0.1, 0.15) is 12.7 Å². The Morgan fingerprint density at radius 3 is 2.57 bits per heavy atom. The number of hydrogen-bond donors (Lipinski definition) is 0. The molecule has 0 unspecified atom stereocenters. The number of amides is 2. The molecule has 222 valence electrons. The number of halogens is 4. The molecule has 2 aliphatic heterocycles. The fourth-order valence-corrected chi connectivity index (χ4v) is 6.65. The van der Waals surface area contributed by atoms with E-state index in [0.717, 1.165) is 34.6 Å². The second kappa shape index (κ2) is 11.6. The van der Waals surface area contributed by atoms with E-state index in [9.17, 15) is 27.6 Å². The third kappa shape index (κ3) is 5.33. The first-order valence-corrected chi connectivity index (χ1v) is 14.6. The van der Waals surface area contributed by atoms with Gasteiger partial charge in [-0.15, -0.1) is 11.8 Å². The molecule has 2 amide bonds. The molecule has 1 aromatic heterocycles. The summed E-state index contributed by atoms with van der Waals surface area (Å²) in [6.07, 6.45) is -3.75. The molecule has 0 fully saturated rings. The van der Waals surface area contributed by atoms with Crippen molar-refractivity contribution in [1.29, 1.82) is 0 Å². The molecule has 0 bridgehead atoms. The summed E-state index contributed by atoms with van der Waals surface area (Å²) in [5.41, 5.74) is 1.03. The van der Waals surface area contributed by atoms with Crippen LogP contribution < -0.4 is 15.2 Å². The molecule has 0 radical (unpaired) electrons. The van der Waals surface area contributed by atoms with Crippen LogP contribution >= 0.6 is 23.4 Å². The lowest BCUT2D eigenvalue weighted by atomic mass is 9.94. The first-order chi connectivity index (χ1) is 19.9. The van der Waals surface area contributed by atoms with Crippen LogP contribution in [0.4, 0.5) is 18.0 Å². The highest BCUT2D eigenvalue weighted by molar-refractivity contribution is 7.98. The Bertz CT molecular complexity index is 1600. The van der Waals surface area contributed by atoms with E-state index < -0.39 is 53.8 Å². The summed E-state index contributed by atoms with van der Waals surface area (Å²) in [5.74, 6) is -1.21. The first kappa shape index (κ1) is 29.8. The normalized spacial score (nSPS) is 17.1. The highest BCUT2D eigenvalue weighted by atomic mass is 35.5. The maximum atomic E-state index is 14.1. The number of carbonyl (C=O) groups excluding carboxylic acids is 2. The predicted octanol–water partition coefficient (Wildman–Crippen LogP) is 6.04. The van der Waals surface area contributed by atoms with Crippen LogP contribution in [0.3, 0.4) is 0 Å². The molecule has 0 spiro atoms. The monoisotopic (exact) mass is 620 g/mol. The molecule has 0 saturated heterocycles.